The summed E-state index contributed by atoms with van der Waals surface area (Å²) in [6, 6.07) is 10.4. The van der Waals surface area contributed by atoms with E-state index in [-0.39, 0.29) is 11.9 Å². The molecule has 2 aromatic rings. The fourth-order valence-electron chi connectivity index (χ4n) is 2.23. The first-order valence-corrected chi connectivity index (χ1v) is 7.52. The lowest BCUT2D eigenvalue weighted by molar-refractivity contribution is 0.392. The van der Waals surface area contributed by atoms with E-state index in [4.69, 9.17) is 9.47 Å². The number of nitrogens with one attached hydrogen (secondary N) is 1. The Morgan fingerprint density at radius 1 is 1.05 bits per heavy atom. The van der Waals surface area contributed by atoms with Gasteiger partial charge in [-0.3, -0.25) is 0 Å². The molecule has 2 aromatic carbocycles. The van der Waals surface area contributed by atoms with Crippen molar-refractivity contribution in [3.8, 4) is 11.5 Å². The lowest BCUT2D eigenvalue weighted by Crippen LogP contribution is -2.19. The molecule has 0 bridgehead atoms. The number of methoxy groups -OCH3 is 2. The van der Waals surface area contributed by atoms with E-state index >= 15 is 0 Å². The van der Waals surface area contributed by atoms with Crippen LogP contribution in [0.5, 0.6) is 11.5 Å². The highest BCUT2D eigenvalue weighted by atomic mass is 127. The van der Waals surface area contributed by atoms with Crippen molar-refractivity contribution in [2.45, 2.75) is 6.04 Å². The Hall–Kier alpha value is -1.34. The quantitative estimate of drug-likeness (QED) is 0.775. The van der Waals surface area contributed by atoms with Crippen LogP contribution in [0, 0.1) is 9.39 Å². The molecule has 0 aliphatic carbocycles. The van der Waals surface area contributed by atoms with Crippen molar-refractivity contribution in [3.63, 3.8) is 0 Å². The van der Waals surface area contributed by atoms with Crippen molar-refractivity contribution >= 4 is 22.6 Å². The number of hydrogen-bond donors (Lipinski definition) is 1. The van der Waals surface area contributed by atoms with Crippen LogP contribution in [-0.4, -0.2) is 21.3 Å². The van der Waals surface area contributed by atoms with Gasteiger partial charge in [-0.1, -0.05) is 6.07 Å². The minimum absolute atomic E-state index is 0.0681. The lowest BCUT2D eigenvalue weighted by atomic mass is 9.98. The molecule has 3 nitrogen and oxygen atoms in total. The summed E-state index contributed by atoms with van der Waals surface area (Å²) in [6.45, 7) is 0. The number of halogens is 2. The molecule has 0 radical (unpaired) electrons. The van der Waals surface area contributed by atoms with Gasteiger partial charge in [0.15, 0.2) is 0 Å². The SMILES string of the molecule is CNC(c1cc(OC)cc(OC)c1)c1ccc(F)cc1I. The van der Waals surface area contributed by atoms with Crippen molar-refractivity contribution in [1.82, 2.24) is 5.32 Å². The monoisotopic (exact) mass is 401 g/mol. The summed E-state index contributed by atoms with van der Waals surface area (Å²) in [5.41, 5.74) is 2.01. The van der Waals surface area contributed by atoms with Gasteiger partial charge in [-0.2, -0.15) is 0 Å². The number of ether oxygens (including phenoxy) is 2. The summed E-state index contributed by atoms with van der Waals surface area (Å²) in [7, 11) is 5.11. The van der Waals surface area contributed by atoms with Gasteiger partial charge in [0.25, 0.3) is 0 Å². The molecule has 1 N–H and O–H groups in total. The number of rotatable bonds is 5. The molecular weight excluding hydrogens is 384 g/mol. The molecule has 0 aromatic heterocycles. The number of hydrogen-bond acceptors (Lipinski definition) is 3. The Bertz CT molecular complexity index is 611. The fraction of sp³-hybridized carbons (Fsp3) is 0.250. The minimum atomic E-state index is -0.235. The van der Waals surface area contributed by atoms with E-state index in [9.17, 15) is 4.39 Å². The smallest absolute Gasteiger partial charge is 0.124 e. The number of benzene rings is 2. The summed E-state index contributed by atoms with van der Waals surface area (Å²) >= 11 is 2.14. The van der Waals surface area contributed by atoms with E-state index < -0.39 is 0 Å². The molecule has 2 rings (SSSR count). The van der Waals surface area contributed by atoms with E-state index in [1.165, 1.54) is 12.1 Å². The average molecular weight is 401 g/mol. The van der Waals surface area contributed by atoms with Crippen LogP contribution < -0.4 is 14.8 Å². The van der Waals surface area contributed by atoms with Crippen LogP contribution in [0.25, 0.3) is 0 Å². The molecule has 5 heteroatoms. The maximum atomic E-state index is 13.3. The molecule has 0 saturated carbocycles. The third kappa shape index (κ3) is 3.65. The Balaban J connectivity index is 2.50. The molecule has 0 spiro atoms. The van der Waals surface area contributed by atoms with Crippen molar-refractivity contribution in [2.24, 2.45) is 0 Å². The molecule has 0 heterocycles. The molecule has 0 amide bonds. The van der Waals surface area contributed by atoms with Crippen LogP contribution in [0.15, 0.2) is 36.4 Å². The van der Waals surface area contributed by atoms with Crippen LogP contribution in [0.2, 0.25) is 0 Å². The van der Waals surface area contributed by atoms with E-state index in [0.717, 1.165) is 26.2 Å². The van der Waals surface area contributed by atoms with Crippen molar-refractivity contribution in [1.29, 1.82) is 0 Å². The zero-order chi connectivity index (χ0) is 15.4. The second kappa shape index (κ2) is 7.09. The highest BCUT2D eigenvalue weighted by molar-refractivity contribution is 14.1. The van der Waals surface area contributed by atoms with Crippen molar-refractivity contribution in [2.75, 3.05) is 21.3 Å². The van der Waals surface area contributed by atoms with Crippen LogP contribution in [0.3, 0.4) is 0 Å². The minimum Gasteiger partial charge on any atom is -0.497 e. The molecule has 21 heavy (non-hydrogen) atoms. The van der Waals surface area contributed by atoms with Crippen LogP contribution in [0.4, 0.5) is 4.39 Å². The topological polar surface area (TPSA) is 30.5 Å². The summed E-state index contributed by atoms with van der Waals surface area (Å²) in [4.78, 5) is 0. The summed E-state index contributed by atoms with van der Waals surface area (Å²) in [6.07, 6.45) is 0. The zero-order valence-electron chi connectivity index (χ0n) is 12.1. The lowest BCUT2D eigenvalue weighted by Gasteiger charge is -2.20. The van der Waals surface area contributed by atoms with Gasteiger partial charge in [0.2, 0.25) is 0 Å². The third-order valence-electron chi connectivity index (χ3n) is 3.27. The maximum Gasteiger partial charge on any atom is 0.124 e. The molecule has 0 fully saturated rings. The maximum absolute atomic E-state index is 13.3. The van der Waals surface area contributed by atoms with Crippen LogP contribution >= 0.6 is 22.6 Å². The fourth-order valence-corrected chi connectivity index (χ4v) is 3.02. The highest BCUT2D eigenvalue weighted by Gasteiger charge is 2.17. The highest BCUT2D eigenvalue weighted by Crippen LogP contribution is 2.31. The Labute approximate surface area is 137 Å². The Morgan fingerprint density at radius 2 is 1.67 bits per heavy atom. The summed E-state index contributed by atoms with van der Waals surface area (Å²) < 4.78 is 24.8. The summed E-state index contributed by atoms with van der Waals surface area (Å²) in [5.74, 6) is 1.21. The second-order valence-electron chi connectivity index (χ2n) is 4.53. The third-order valence-corrected chi connectivity index (χ3v) is 4.20. The first-order valence-electron chi connectivity index (χ1n) is 6.44. The van der Waals surface area contributed by atoms with E-state index in [1.807, 2.05) is 25.2 Å². The van der Waals surface area contributed by atoms with Gasteiger partial charge in [0, 0.05) is 9.64 Å². The molecule has 0 aliphatic rings. The van der Waals surface area contributed by atoms with Gasteiger partial charge in [0.1, 0.15) is 17.3 Å². The summed E-state index contributed by atoms with van der Waals surface area (Å²) in [5, 5.41) is 3.26. The van der Waals surface area contributed by atoms with Crippen molar-refractivity contribution < 1.29 is 13.9 Å². The van der Waals surface area contributed by atoms with Gasteiger partial charge >= 0.3 is 0 Å². The predicted molar refractivity (Wildman–Crippen MR) is 89.6 cm³/mol. The van der Waals surface area contributed by atoms with E-state index in [0.29, 0.717) is 0 Å². The molecule has 112 valence electrons. The first kappa shape index (κ1) is 16.0. The normalized spacial score (nSPS) is 12.0. The van der Waals surface area contributed by atoms with Gasteiger partial charge in [-0.05, 0) is 65.0 Å². The van der Waals surface area contributed by atoms with E-state index in [1.54, 1.807) is 20.3 Å². The predicted octanol–water partition coefficient (Wildman–Crippen LogP) is 3.76. The zero-order valence-corrected chi connectivity index (χ0v) is 14.3. The molecule has 1 unspecified atom stereocenters. The largest absolute Gasteiger partial charge is 0.497 e. The Morgan fingerprint density at radius 3 is 2.14 bits per heavy atom. The van der Waals surface area contributed by atoms with Crippen LogP contribution in [0.1, 0.15) is 17.2 Å². The standard InChI is InChI=1S/C16H17FINO2/c1-19-16(14-5-4-11(17)8-15(14)18)10-6-12(20-2)9-13(7-10)21-3/h4-9,16,19H,1-3H3. The van der Waals surface area contributed by atoms with Crippen molar-refractivity contribution in [3.05, 3.63) is 56.9 Å². The van der Waals surface area contributed by atoms with Gasteiger partial charge in [0.05, 0.1) is 20.3 Å². The second-order valence-corrected chi connectivity index (χ2v) is 5.70. The van der Waals surface area contributed by atoms with Gasteiger partial charge in [-0.25, -0.2) is 4.39 Å². The Kier molecular flexibility index (Phi) is 5.41. The van der Waals surface area contributed by atoms with Gasteiger partial charge < -0.3 is 14.8 Å². The first-order chi connectivity index (χ1) is 10.1. The molecule has 0 aliphatic heterocycles. The molecule has 1 atom stereocenters. The molecular formula is C16H17FINO2. The van der Waals surface area contributed by atoms with Crippen LogP contribution in [-0.2, 0) is 0 Å². The average Bonchev–Trinajstić information content (AvgIpc) is 2.49. The van der Waals surface area contributed by atoms with Gasteiger partial charge in [-0.15, -0.1) is 0 Å². The molecule has 0 saturated heterocycles. The van der Waals surface area contributed by atoms with E-state index in [2.05, 4.69) is 27.9 Å².